The molecule has 1 aliphatic carbocycles. The fraction of sp³-hybridized carbons (Fsp3) is 0.529. The Kier molecular flexibility index (Phi) is 4.69. The van der Waals surface area contributed by atoms with Gasteiger partial charge in [-0.25, -0.2) is 18.2 Å². The molecule has 29 heavy (non-hydrogen) atoms. The maximum atomic E-state index is 12.4. The highest BCUT2D eigenvalue weighted by Crippen LogP contribution is 2.52. The fourth-order valence-electron chi connectivity index (χ4n) is 3.53. The van der Waals surface area contributed by atoms with Crippen LogP contribution in [0.1, 0.15) is 25.5 Å². The van der Waals surface area contributed by atoms with Gasteiger partial charge in [0.1, 0.15) is 16.4 Å². The molecule has 11 nitrogen and oxygen atoms in total. The molecular formula is C17H22N6O5S. The SMILES string of the molecule is CC1COCCN1c1cc(C2(S(C)(=O)=O)CC2)nc(Nc2ccnn2C(=O)O)n1. The Morgan fingerprint density at radius 3 is 2.76 bits per heavy atom. The molecule has 0 spiro atoms. The number of morpholine rings is 1. The zero-order valence-corrected chi connectivity index (χ0v) is 16.9. The van der Waals surface area contributed by atoms with Crippen molar-refractivity contribution in [2.75, 3.05) is 36.2 Å². The number of sulfone groups is 1. The Bertz CT molecular complexity index is 1050. The number of hydrogen-bond donors (Lipinski definition) is 2. The lowest BCUT2D eigenvalue weighted by molar-refractivity contribution is 0.0985. The summed E-state index contributed by atoms with van der Waals surface area (Å²) < 4.78 is 30.1. The second-order valence-electron chi connectivity index (χ2n) is 7.35. The monoisotopic (exact) mass is 422 g/mol. The zero-order chi connectivity index (χ0) is 20.8. The van der Waals surface area contributed by atoms with E-state index in [-0.39, 0.29) is 17.8 Å². The average Bonchev–Trinajstić information content (AvgIpc) is 3.36. The van der Waals surface area contributed by atoms with Crippen molar-refractivity contribution in [3.63, 3.8) is 0 Å². The van der Waals surface area contributed by atoms with Crippen molar-refractivity contribution in [2.24, 2.45) is 0 Å². The van der Waals surface area contributed by atoms with Crippen molar-refractivity contribution in [1.82, 2.24) is 19.7 Å². The van der Waals surface area contributed by atoms with E-state index in [4.69, 9.17) is 4.74 Å². The highest BCUT2D eigenvalue weighted by atomic mass is 32.2. The van der Waals surface area contributed by atoms with Gasteiger partial charge in [0.25, 0.3) is 0 Å². The molecule has 1 unspecified atom stereocenters. The van der Waals surface area contributed by atoms with E-state index in [0.717, 1.165) is 4.68 Å². The van der Waals surface area contributed by atoms with Crippen LogP contribution in [0.5, 0.6) is 0 Å². The number of nitrogens with one attached hydrogen (secondary N) is 1. The molecule has 1 saturated carbocycles. The molecule has 12 heteroatoms. The molecule has 0 bridgehead atoms. The van der Waals surface area contributed by atoms with E-state index >= 15 is 0 Å². The number of carboxylic acid groups (broad SMARTS) is 1. The molecule has 3 heterocycles. The van der Waals surface area contributed by atoms with Gasteiger partial charge < -0.3 is 20.1 Å². The Balaban J connectivity index is 1.78. The molecule has 2 aliphatic rings. The molecular weight excluding hydrogens is 400 g/mol. The maximum absolute atomic E-state index is 12.4. The average molecular weight is 422 g/mol. The molecule has 0 radical (unpaired) electrons. The Morgan fingerprint density at radius 1 is 1.38 bits per heavy atom. The van der Waals surface area contributed by atoms with Crippen LogP contribution in [0, 0.1) is 0 Å². The smallest absolute Gasteiger partial charge is 0.434 e. The lowest BCUT2D eigenvalue weighted by Crippen LogP contribution is -2.44. The number of rotatable bonds is 5. The van der Waals surface area contributed by atoms with Crippen LogP contribution in [-0.4, -0.2) is 71.4 Å². The van der Waals surface area contributed by atoms with E-state index in [1.54, 1.807) is 6.07 Å². The highest BCUT2D eigenvalue weighted by Gasteiger charge is 2.55. The van der Waals surface area contributed by atoms with E-state index in [2.05, 4.69) is 20.4 Å². The second-order valence-corrected chi connectivity index (χ2v) is 9.68. The summed E-state index contributed by atoms with van der Waals surface area (Å²) in [6.45, 7) is 3.67. The Morgan fingerprint density at radius 2 is 2.14 bits per heavy atom. The van der Waals surface area contributed by atoms with Gasteiger partial charge in [-0.1, -0.05) is 0 Å². The van der Waals surface area contributed by atoms with Crippen LogP contribution in [0.3, 0.4) is 0 Å². The van der Waals surface area contributed by atoms with Gasteiger partial charge in [-0.2, -0.15) is 10.1 Å². The molecule has 1 saturated heterocycles. The topological polar surface area (TPSA) is 140 Å². The van der Waals surface area contributed by atoms with Crippen LogP contribution in [0.2, 0.25) is 0 Å². The molecule has 2 aromatic rings. The first-order chi connectivity index (χ1) is 13.7. The van der Waals surface area contributed by atoms with Crippen LogP contribution >= 0.6 is 0 Å². The first-order valence-electron chi connectivity index (χ1n) is 9.19. The molecule has 2 N–H and O–H groups in total. The molecule has 2 aromatic heterocycles. The summed E-state index contributed by atoms with van der Waals surface area (Å²) in [6.07, 6.45) is 2.28. The molecule has 0 aromatic carbocycles. The predicted octanol–water partition coefficient (Wildman–Crippen LogP) is 1.20. The van der Waals surface area contributed by atoms with Crippen molar-refractivity contribution in [1.29, 1.82) is 0 Å². The van der Waals surface area contributed by atoms with Gasteiger partial charge in [0.05, 0.1) is 31.1 Å². The summed E-state index contributed by atoms with van der Waals surface area (Å²) in [6, 6.07) is 3.25. The van der Waals surface area contributed by atoms with E-state index in [0.29, 0.717) is 44.1 Å². The van der Waals surface area contributed by atoms with Crippen molar-refractivity contribution in [2.45, 2.75) is 30.6 Å². The van der Waals surface area contributed by atoms with Crippen molar-refractivity contribution in [3.8, 4) is 0 Å². The minimum absolute atomic E-state index is 0.0530. The van der Waals surface area contributed by atoms with Crippen molar-refractivity contribution >= 4 is 33.5 Å². The van der Waals surface area contributed by atoms with Gasteiger partial charge in [0.2, 0.25) is 5.95 Å². The Labute approximate surface area is 167 Å². The van der Waals surface area contributed by atoms with Gasteiger partial charge in [0.15, 0.2) is 9.84 Å². The van der Waals surface area contributed by atoms with Crippen molar-refractivity contribution in [3.05, 3.63) is 24.0 Å². The lowest BCUT2D eigenvalue weighted by Gasteiger charge is -2.34. The van der Waals surface area contributed by atoms with Crippen molar-refractivity contribution < 1.29 is 23.1 Å². The molecule has 0 amide bonds. The maximum Gasteiger partial charge on any atom is 0.434 e. The van der Waals surface area contributed by atoms with E-state index in [1.165, 1.54) is 18.5 Å². The van der Waals surface area contributed by atoms with Gasteiger partial charge in [0, 0.05) is 24.9 Å². The predicted molar refractivity (Wildman–Crippen MR) is 104 cm³/mol. The van der Waals surface area contributed by atoms with Crippen LogP contribution in [0.25, 0.3) is 0 Å². The van der Waals surface area contributed by atoms with Crippen LogP contribution in [0.4, 0.5) is 22.4 Å². The number of ether oxygens (including phenoxy) is 1. The first kappa shape index (κ1) is 19.6. The van der Waals surface area contributed by atoms with E-state index < -0.39 is 20.7 Å². The third kappa shape index (κ3) is 3.53. The minimum Gasteiger partial charge on any atom is -0.463 e. The quantitative estimate of drug-likeness (QED) is 0.722. The van der Waals surface area contributed by atoms with E-state index in [9.17, 15) is 18.3 Å². The van der Waals surface area contributed by atoms with Gasteiger partial charge in [-0.3, -0.25) is 0 Å². The number of nitrogens with zero attached hydrogens (tertiary/aromatic N) is 5. The van der Waals surface area contributed by atoms with Gasteiger partial charge in [-0.15, -0.1) is 4.68 Å². The molecule has 2 fully saturated rings. The Hall–Kier alpha value is -2.73. The molecule has 4 rings (SSSR count). The number of aromatic nitrogens is 4. The zero-order valence-electron chi connectivity index (χ0n) is 16.1. The summed E-state index contributed by atoms with van der Waals surface area (Å²) in [5, 5.41) is 15.8. The largest absolute Gasteiger partial charge is 0.463 e. The van der Waals surface area contributed by atoms with Crippen LogP contribution in [-0.2, 0) is 19.3 Å². The number of anilines is 3. The third-order valence-electron chi connectivity index (χ3n) is 5.32. The van der Waals surface area contributed by atoms with Crippen LogP contribution < -0.4 is 10.2 Å². The standard InChI is InChI=1S/C17H22N6O5S/c1-11-10-28-8-7-22(11)14-9-12(17(4-5-17)29(2,26)27)19-15(21-14)20-13-3-6-18-23(13)16(24)25/h3,6,9,11H,4-5,7-8,10H2,1-2H3,(H,24,25)(H,19,20,21). The number of hydrogen-bond acceptors (Lipinski definition) is 9. The molecule has 1 atom stereocenters. The summed E-state index contributed by atoms with van der Waals surface area (Å²) in [4.78, 5) is 22.3. The summed E-state index contributed by atoms with van der Waals surface area (Å²) >= 11 is 0. The normalized spacial score (nSPS) is 21.0. The van der Waals surface area contributed by atoms with Crippen LogP contribution in [0.15, 0.2) is 18.3 Å². The number of carbonyl (C=O) groups is 1. The highest BCUT2D eigenvalue weighted by molar-refractivity contribution is 7.91. The summed E-state index contributed by atoms with van der Waals surface area (Å²) in [7, 11) is -3.38. The third-order valence-corrected chi connectivity index (χ3v) is 7.36. The molecule has 156 valence electrons. The van der Waals surface area contributed by atoms with E-state index in [1.807, 2.05) is 11.8 Å². The summed E-state index contributed by atoms with van der Waals surface area (Å²) in [5.41, 5.74) is 0.410. The fourth-order valence-corrected chi connectivity index (χ4v) is 4.86. The summed E-state index contributed by atoms with van der Waals surface area (Å²) in [5.74, 6) is 0.860. The lowest BCUT2D eigenvalue weighted by atomic mass is 10.2. The van der Waals surface area contributed by atoms with Gasteiger partial charge in [-0.05, 0) is 19.8 Å². The second kappa shape index (κ2) is 6.95. The van der Waals surface area contributed by atoms with Gasteiger partial charge >= 0.3 is 6.09 Å². The molecule has 1 aliphatic heterocycles. The first-order valence-corrected chi connectivity index (χ1v) is 11.1. The minimum atomic E-state index is -3.38.